The lowest BCUT2D eigenvalue weighted by Crippen LogP contribution is -2.35. The molecule has 0 atom stereocenters. The smallest absolute Gasteiger partial charge is 0.267 e. The Labute approximate surface area is 189 Å². The molecule has 7 heteroatoms. The number of thioether (sulfide) groups is 1. The quantitative estimate of drug-likeness (QED) is 0.387. The average molecular weight is 457 g/mol. The molecular weight excluding hydrogens is 439 g/mol. The van der Waals surface area contributed by atoms with Gasteiger partial charge in [0.25, 0.3) is 5.91 Å². The van der Waals surface area contributed by atoms with Crippen LogP contribution in [0, 0.1) is 0 Å². The molecule has 1 fully saturated rings. The van der Waals surface area contributed by atoms with Crippen molar-refractivity contribution >= 4 is 57.8 Å². The summed E-state index contributed by atoms with van der Waals surface area (Å²) in [6, 6.07) is 18.6. The van der Waals surface area contributed by atoms with Crippen molar-refractivity contribution in [2.24, 2.45) is 4.99 Å². The summed E-state index contributed by atoms with van der Waals surface area (Å²) >= 11 is 13.4. The fraction of sp³-hybridized carbons (Fsp3) is 0.130. The highest BCUT2D eigenvalue weighted by molar-refractivity contribution is 8.18. The lowest BCUT2D eigenvalue weighted by molar-refractivity contribution is -0.123. The standard InChI is InChI=1S/C23H18Cl2N2O2S/c1-14(2)27-22(28)21(30-23(27)26-16-6-4-3-5-7-16)13-17-9-11-20(29-17)15-8-10-18(24)19(25)12-15/h3-14H,1-2H3/b21-13+,26-23?. The lowest BCUT2D eigenvalue weighted by Gasteiger charge is -2.19. The number of nitrogens with zero attached hydrogens (tertiary/aromatic N) is 2. The molecule has 3 aromatic rings. The van der Waals surface area contributed by atoms with E-state index in [4.69, 9.17) is 27.6 Å². The first-order valence-corrected chi connectivity index (χ1v) is 10.9. The molecular formula is C23H18Cl2N2O2S. The molecule has 4 rings (SSSR count). The van der Waals surface area contributed by atoms with Crippen molar-refractivity contribution in [1.82, 2.24) is 4.90 Å². The Balaban J connectivity index is 1.64. The number of rotatable bonds is 4. The predicted molar refractivity (Wildman–Crippen MR) is 125 cm³/mol. The van der Waals surface area contributed by atoms with E-state index in [1.54, 1.807) is 23.1 Å². The van der Waals surface area contributed by atoms with Gasteiger partial charge in [-0.2, -0.15) is 0 Å². The number of benzene rings is 2. The van der Waals surface area contributed by atoms with Crippen molar-refractivity contribution in [2.75, 3.05) is 0 Å². The Morgan fingerprint density at radius 2 is 1.80 bits per heavy atom. The van der Waals surface area contributed by atoms with Crippen LogP contribution in [-0.2, 0) is 4.79 Å². The molecule has 2 aromatic carbocycles. The van der Waals surface area contributed by atoms with Gasteiger partial charge in [-0.15, -0.1) is 0 Å². The minimum absolute atomic E-state index is 0.0123. The molecule has 0 unspecified atom stereocenters. The zero-order valence-corrected chi connectivity index (χ0v) is 18.6. The highest BCUT2D eigenvalue weighted by atomic mass is 35.5. The fourth-order valence-electron chi connectivity index (χ4n) is 3.00. The van der Waals surface area contributed by atoms with Gasteiger partial charge in [0.15, 0.2) is 5.17 Å². The average Bonchev–Trinajstić information content (AvgIpc) is 3.30. The molecule has 4 nitrogen and oxygen atoms in total. The van der Waals surface area contributed by atoms with Gasteiger partial charge < -0.3 is 4.42 Å². The third-order valence-electron chi connectivity index (χ3n) is 4.44. The summed E-state index contributed by atoms with van der Waals surface area (Å²) in [5, 5.41) is 1.60. The second-order valence-electron chi connectivity index (χ2n) is 6.94. The summed E-state index contributed by atoms with van der Waals surface area (Å²) in [7, 11) is 0. The van der Waals surface area contributed by atoms with Gasteiger partial charge in [-0.05, 0) is 68.1 Å². The van der Waals surface area contributed by atoms with Crippen LogP contribution in [0.2, 0.25) is 10.0 Å². The molecule has 1 aliphatic heterocycles. The molecule has 0 aliphatic carbocycles. The molecule has 1 saturated heterocycles. The summed E-state index contributed by atoms with van der Waals surface area (Å²) in [6.45, 7) is 3.94. The molecule has 1 amide bonds. The summed E-state index contributed by atoms with van der Waals surface area (Å²) < 4.78 is 5.92. The largest absolute Gasteiger partial charge is 0.457 e. The van der Waals surface area contributed by atoms with E-state index in [-0.39, 0.29) is 11.9 Å². The summed E-state index contributed by atoms with van der Waals surface area (Å²) in [5.74, 6) is 1.14. The minimum Gasteiger partial charge on any atom is -0.457 e. The third kappa shape index (κ3) is 4.33. The Morgan fingerprint density at radius 1 is 1.03 bits per heavy atom. The number of hydrogen-bond acceptors (Lipinski definition) is 4. The van der Waals surface area contributed by atoms with Crippen LogP contribution < -0.4 is 0 Å². The number of amidine groups is 1. The van der Waals surface area contributed by atoms with Crippen molar-refractivity contribution in [3.8, 4) is 11.3 Å². The van der Waals surface area contributed by atoms with Crippen molar-refractivity contribution in [3.05, 3.63) is 81.4 Å². The van der Waals surface area contributed by atoms with E-state index in [1.165, 1.54) is 11.8 Å². The second kappa shape index (κ2) is 8.72. The van der Waals surface area contributed by atoms with Crippen molar-refractivity contribution in [1.29, 1.82) is 0 Å². The molecule has 1 aromatic heterocycles. The van der Waals surface area contributed by atoms with Crippen LogP contribution in [0.4, 0.5) is 5.69 Å². The van der Waals surface area contributed by atoms with E-state index in [9.17, 15) is 4.79 Å². The Kier molecular flexibility index (Phi) is 6.04. The summed E-state index contributed by atoms with van der Waals surface area (Å²) in [5.41, 5.74) is 1.62. The van der Waals surface area contributed by atoms with E-state index >= 15 is 0 Å². The van der Waals surface area contributed by atoms with Crippen molar-refractivity contribution in [2.45, 2.75) is 19.9 Å². The summed E-state index contributed by atoms with van der Waals surface area (Å²) in [4.78, 5) is 19.9. The van der Waals surface area contributed by atoms with Gasteiger partial charge in [-0.3, -0.25) is 9.69 Å². The first kappa shape index (κ1) is 20.8. The molecule has 0 N–H and O–H groups in total. The minimum atomic E-state index is -0.0860. The first-order valence-electron chi connectivity index (χ1n) is 9.34. The van der Waals surface area contributed by atoms with E-state index in [2.05, 4.69) is 4.99 Å². The maximum Gasteiger partial charge on any atom is 0.267 e. The highest BCUT2D eigenvalue weighted by Gasteiger charge is 2.35. The molecule has 0 saturated carbocycles. The normalized spacial score (nSPS) is 17.0. The van der Waals surface area contributed by atoms with Crippen LogP contribution in [0.15, 0.2) is 75.0 Å². The van der Waals surface area contributed by atoms with Crippen LogP contribution in [0.5, 0.6) is 0 Å². The predicted octanol–water partition coefficient (Wildman–Crippen LogP) is 7.27. The number of carbonyl (C=O) groups excluding carboxylic acids is 1. The molecule has 0 spiro atoms. The monoisotopic (exact) mass is 456 g/mol. The fourth-order valence-corrected chi connectivity index (χ4v) is 4.40. The number of carbonyl (C=O) groups is 1. The third-order valence-corrected chi connectivity index (χ3v) is 6.16. The van der Waals surface area contributed by atoms with Gasteiger partial charge >= 0.3 is 0 Å². The molecule has 152 valence electrons. The van der Waals surface area contributed by atoms with Gasteiger partial charge in [0, 0.05) is 17.7 Å². The number of para-hydroxylation sites is 1. The van der Waals surface area contributed by atoms with Gasteiger partial charge in [-0.1, -0.05) is 41.4 Å². The Bertz CT molecular complexity index is 1150. The van der Waals surface area contributed by atoms with Gasteiger partial charge in [0.2, 0.25) is 0 Å². The van der Waals surface area contributed by atoms with E-state index in [1.807, 2.05) is 62.4 Å². The highest BCUT2D eigenvalue weighted by Crippen LogP contribution is 2.36. The van der Waals surface area contributed by atoms with E-state index < -0.39 is 0 Å². The maximum atomic E-state index is 13.0. The van der Waals surface area contributed by atoms with Crippen molar-refractivity contribution < 1.29 is 9.21 Å². The van der Waals surface area contributed by atoms with Crippen LogP contribution >= 0.6 is 35.0 Å². The number of hydrogen-bond donors (Lipinski definition) is 0. The Morgan fingerprint density at radius 3 is 2.50 bits per heavy atom. The van der Waals surface area contributed by atoms with Gasteiger partial charge in [0.05, 0.1) is 20.6 Å². The molecule has 30 heavy (non-hydrogen) atoms. The number of aliphatic imine (C=N–C) groups is 1. The van der Waals surface area contributed by atoms with Crippen LogP contribution in [0.25, 0.3) is 17.4 Å². The molecule has 0 radical (unpaired) electrons. The topological polar surface area (TPSA) is 45.8 Å². The molecule has 0 bridgehead atoms. The van der Waals surface area contributed by atoms with Crippen molar-refractivity contribution in [3.63, 3.8) is 0 Å². The zero-order chi connectivity index (χ0) is 21.3. The number of furan rings is 1. The number of amides is 1. The van der Waals surface area contributed by atoms with Gasteiger partial charge in [0.1, 0.15) is 11.5 Å². The Hall–Kier alpha value is -2.47. The van der Waals surface area contributed by atoms with Crippen LogP contribution in [0.3, 0.4) is 0 Å². The van der Waals surface area contributed by atoms with Crippen LogP contribution in [0.1, 0.15) is 19.6 Å². The number of halogens is 2. The lowest BCUT2D eigenvalue weighted by atomic mass is 10.2. The molecule has 2 heterocycles. The van der Waals surface area contributed by atoms with Crippen LogP contribution in [-0.4, -0.2) is 22.0 Å². The maximum absolute atomic E-state index is 13.0. The van der Waals surface area contributed by atoms with Gasteiger partial charge in [-0.25, -0.2) is 4.99 Å². The summed E-state index contributed by atoms with van der Waals surface area (Å²) in [6.07, 6.45) is 1.75. The second-order valence-corrected chi connectivity index (χ2v) is 8.76. The zero-order valence-electron chi connectivity index (χ0n) is 16.3. The van der Waals surface area contributed by atoms with E-state index in [0.29, 0.717) is 31.6 Å². The SMILES string of the molecule is CC(C)N1C(=O)/C(=C\c2ccc(-c3ccc(Cl)c(Cl)c3)o2)SC1=Nc1ccccc1. The van der Waals surface area contributed by atoms with E-state index in [0.717, 1.165) is 11.3 Å². The first-order chi connectivity index (χ1) is 14.4. The molecule has 1 aliphatic rings.